The number of ether oxygens (including phenoxy) is 1. The lowest BCUT2D eigenvalue weighted by Gasteiger charge is -2.26. The molecule has 0 fully saturated rings. The number of rotatable bonds is 8. The van der Waals surface area contributed by atoms with Crippen LogP contribution in [0.3, 0.4) is 0 Å². The highest BCUT2D eigenvalue weighted by atomic mass is 31.2. The van der Waals surface area contributed by atoms with Crippen molar-refractivity contribution in [2.45, 2.75) is 12.5 Å². The minimum Gasteiger partial charge on any atom is -0.419 e. The fourth-order valence-corrected chi connectivity index (χ4v) is 1.58. The Hall–Kier alpha value is -0.920. The van der Waals surface area contributed by atoms with Crippen LogP contribution in [0.1, 0.15) is 6.42 Å². The van der Waals surface area contributed by atoms with Gasteiger partial charge in [0.2, 0.25) is 0 Å². The van der Waals surface area contributed by atoms with Crippen LogP contribution in [-0.4, -0.2) is 60.7 Å². The van der Waals surface area contributed by atoms with Crippen LogP contribution in [-0.2, 0) is 13.8 Å². The maximum Gasteiger partial charge on any atom is 0.469 e. The number of hydrogen-bond acceptors (Lipinski definition) is 4. The molecule has 0 bridgehead atoms. The third-order valence-electron chi connectivity index (χ3n) is 2.10. The molecular weight excluding hydrogens is 275 g/mol. The van der Waals surface area contributed by atoms with Gasteiger partial charge in [-0.25, -0.2) is 9.36 Å². The lowest BCUT2D eigenvalue weighted by atomic mass is 10.2. The molecule has 0 aromatic heterocycles. The summed E-state index contributed by atoms with van der Waals surface area (Å²) in [6, 6.07) is -0.558. The molecule has 0 aliphatic carbocycles. The van der Waals surface area contributed by atoms with Crippen LogP contribution < -0.4 is 5.32 Å². The van der Waals surface area contributed by atoms with Crippen LogP contribution in [0.25, 0.3) is 0 Å². The molecule has 112 valence electrons. The normalized spacial score (nSPS) is 13.7. The lowest BCUT2D eigenvalue weighted by Crippen LogP contribution is -2.43. The van der Waals surface area contributed by atoms with Gasteiger partial charge >= 0.3 is 13.9 Å². The van der Waals surface area contributed by atoms with Gasteiger partial charge in [0.1, 0.15) is 0 Å². The maximum absolute atomic E-state index is 11.2. The standard InChI is InChI=1S/C10H21N2O6P/c1-5-17-10(13)11-9(6-7-12(2,3)4)8-18-19(14,15)16/h5,9H,1,6-8H2,2-4H3,(H2-,11,13,14,15,16)/p+1. The second-order valence-corrected chi connectivity index (χ2v) is 6.24. The zero-order valence-corrected chi connectivity index (χ0v) is 12.3. The number of phosphoric acid groups is 1. The molecule has 0 aromatic carbocycles. The summed E-state index contributed by atoms with van der Waals surface area (Å²) in [4.78, 5) is 28.6. The van der Waals surface area contributed by atoms with E-state index in [9.17, 15) is 9.36 Å². The summed E-state index contributed by atoms with van der Waals surface area (Å²) in [5.41, 5.74) is 0. The number of nitrogens with one attached hydrogen (secondary N) is 1. The molecule has 0 rings (SSSR count). The predicted octanol–water partition coefficient (Wildman–Crippen LogP) is 0.430. The Morgan fingerprint density at radius 2 is 2.05 bits per heavy atom. The molecule has 9 heteroatoms. The quantitative estimate of drug-likeness (QED) is 0.341. The van der Waals surface area contributed by atoms with Crippen LogP contribution in [0.4, 0.5) is 4.79 Å². The monoisotopic (exact) mass is 297 g/mol. The van der Waals surface area contributed by atoms with Gasteiger partial charge in [-0.2, -0.15) is 0 Å². The minimum atomic E-state index is -4.56. The Kier molecular flexibility index (Phi) is 7.25. The van der Waals surface area contributed by atoms with E-state index in [-0.39, 0.29) is 6.61 Å². The number of amides is 1. The third kappa shape index (κ3) is 11.9. The Bertz CT molecular complexity index is 348. The molecule has 1 atom stereocenters. The molecule has 1 amide bonds. The molecule has 8 nitrogen and oxygen atoms in total. The van der Waals surface area contributed by atoms with E-state index in [0.29, 0.717) is 17.4 Å². The molecule has 0 aliphatic heterocycles. The van der Waals surface area contributed by atoms with Crippen molar-refractivity contribution in [3.8, 4) is 0 Å². The first-order valence-corrected chi connectivity index (χ1v) is 7.15. The summed E-state index contributed by atoms with van der Waals surface area (Å²) in [7, 11) is 1.32. The number of carbonyl (C=O) groups is 1. The van der Waals surface area contributed by atoms with E-state index in [0.717, 1.165) is 6.26 Å². The second-order valence-electron chi connectivity index (χ2n) is 5.00. The van der Waals surface area contributed by atoms with Gasteiger partial charge in [0.15, 0.2) is 0 Å². The van der Waals surface area contributed by atoms with Gasteiger partial charge in [-0.1, -0.05) is 6.58 Å². The Labute approximate surface area is 112 Å². The van der Waals surface area contributed by atoms with Crippen molar-refractivity contribution in [2.75, 3.05) is 34.3 Å². The van der Waals surface area contributed by atoms with Crippen molar-refractivity contribution >= 4 is 13.9 Å². The summed E-state index contributed by atoms with van der Waals surface area (Å²) < 4.78 is 20.2. The molecule has 0 aliphatic rings. The highest BCUT2D eigenvalue weighted by Crippen LogP contribution is 2.35. The van der Waals surface area contributed by atoms with Gasteiger partial charge in [-0.05, 0) is 0 Å². The molecule has 0 spiro atoms. The topological polar surface area (TPSA) is 105 Å². The molecule has 1 unspecified atom stereocenters. The van der Waals surface area contributed by atoms with E-state index < -0.39 is 20.0 Å². The number of hydrogen-bond donors (Lipinski definition) is 3. The minimum absolute atomic E-state index is 0.295. The van der Waals surface area contributed by atoms with Gasteiger partial charge in [-0.3, -0.25) is 4.52 Å². The van der Waals surface area contributed by atoms with Crippen molar-refractivity contribution in [1.82, 2.24) is 5.32 Å². The lowest BCUT2D eigenvalue weighted by molar-refractivity contribution is -0.870. The summed E-state index contributed by atoms with van der Waals surface area (Å²) in [5.74, 6) is 0. The number of phosphoric ester groups is 1. The SMILES string of the molecule is C=COC(=O)NC(CC[N+](C)(C)C)COP(=O)(O)O. The van der Waals surface area contributed by atoms with Gasteiger partial charge < -0.3 is 24.3 Å². The summed E-state index contributed by atoms with van der Waals surface area (Å²) in [6.07, 6.45) is 0.710. The van der Waals surface area contributed by atoms with Gasteiger partial charge in [0.25, 0.3) is 0 Å². The van der Waals surface area contributed by atoms with E-state index in [1.165, 1.54) is 0 Å². The molecule has 0 heterocycles. The zero-order chi connectivity index (χ0) is 15.1. The summed E-state index contributed by atoms with van der Waals surface area (Å²) >= 11 is 0. The van der Waals surface area contributed by atoms with Crippen LogP contribution in [0, 0.1) is 0 Å². The highest BCUT2D eigenvalue weighted by Gasteiger charge is 2.22. The predicted molar refractivity (Wildman–Crippen MR) is 69.1 cm³/mol. The average Bonchev–Trinajstić information content (AvgIpc) is 2.20. The van der Waals surface area contributed by atoms with Crippen LogP contribution in [0.15, 0.2) is 12.8 Å². The second kappa shape index (κ2) is 7.62. The maximum atomic E-state index is 11.2. The van der Waals surface area contributed by atoms with Crippen LogP contribution in [0.2, 0.25) is 0 Å². The van der Waals surface area contributed by atoms with E-state index >= 15 is 0 Å². The fraction of sp³-hybridized carbons (Fsp3) is 0.700. The highest BCUT2D eigenvalue weighted by molar-refractivity contribution is 7.46. The van der Waals surface area contributed by atoms with Crippen molar-refractivity contribution in [3.05, 3.63) is 12.8 Å². The summed E-state index contributed by atoms with van der Waals surface area (Å²) in [6.45, 7) is 3.63. The van der Waals surface area contributed by atoms with Gasteiger partial charge in [-0.15, -0.1) is 0 Å². The Morgan fingerprint density at radius 1 is 1.47 bits per heavy atom. The largest absolute Gasteiger partial charge is 0.469 e. The first-order chi connectivity index (χ1) is 8.53. The molecule has 0 saturated carbocycles. The smallest absolute Gasteiger partial charge is 0.419 e. The molecule has 0 aromatic rings. The van der Waals surface area contributed by atoms with Gasteiger partial charge in [0, 0.05) is 6.42 Å². The molecule has 0 saturated heterocycles. The molecule has 3 N–H and O–H groups in total. The van der Waals surface area contributed by atoms with Crippen LogP contribution in [0.5, 0.6) is 0 Å². The number of nitrogens with zero attached hydrogens (tertiary/aromatic N) is 1. The van der Waals surface area contributed by atoms with Crippen LogP contribution >= 0.6 is 7.82 Å². The fourth-order valence-electron chi connectivity index (χ4n) is 1.20. The first kappa shape index (κ1) is 18.1. The number of quaternary nitrogens is 1. The first-order valence-electron chi connectivity index (χ1n) is 5.62. The van der Waals surface area contributed by atoms with Crippen molar-refractivity contribution in [2.24, 2.45) is 0 Å². The number of alkyl carbamates (subject to hydrolysis) is 1. The summed E-state index contributed by atoms with van der Waals surface area (Å²) in [5, 5.41) is 2.45. The van der Waals surface area contributed by atoms with Gasteiger partial charge in [0.05, 0.1) is 46.6 Å². The van der Waals surface area contributed by atoms with Crippen molar-refractivity contribution in [1.29, 1.82) is 0 Å². The van der Waals surface area contributed by atoms with E-state index in [4.69, 9.17) is 9.79 Å². The zero-order valence-electron chi connectivity index (χ0n) is 11.4. The van der Waals surface area contributed by atoms with E-state index in [1.807, 2.05) is 21.1 Å². The molecular formula is C10H22N2O6P+. The average molecular weight is 297 g/mol. The van der Waals surface area contributed by atoms with E-state index in [1.54, 1.807) is 0 Å². The van der Waals surface area contributed by atoms with E-state index in [2.05, 4.69) is 21.2 Å². The van der Waals surface area contributed by atoms with Crippen molar-refractivity contribution in [3.63, 3.8) is 0 Å². The molecule has 0 radical (unpaired) electrons. The van der Waals surface area contributed by atoms with Crippen molar-refractivity contribution < 1.29 is 32.9 Å². The third-order valence-corrected chi connectivity index (χ3v) is 2.59. The Morgan fingerprint density at radius 3 is 2.47 bits per heavy atom. The number of carbonyl (C=O) groups excluding carboxylic acids is 1. The Balaban J connectivity index is 4.41. The molecule has 19 heavy (non-hydrogen) atoms.